The summed E-state index contributed by atoms with van der Waals surface area (Å²) in [5.41, 5.74) is 0.588. The van der Waals surface area contributed by atoms with Crippen LogP contribution in [0.3, 0.4) is 0 Å². The van der Waals surface area contributed by atoms with E-state index in [-0.39, 0.29) is 18.4 Å². The van der Waals surface area contributed by atoms with Gasteiger partial charge in [0.1, 0.15) is 5.75 Å². The number of hydrogen-bond donors (Lipinski definition) is 1. The number of hydrogen-bond acceptors (Lipinski definition) is 3. The summed E-state index contributed by atoms with van der Waals surface area (Å²) in [6.07, 6.45) is 0.614. The lowest BCUT2D eigenvalue weighted by Crippen LogP contribution is -2.45. The first-order valence-corrected chi connectivity index (χ1v) is 8.09. The van der Waals surface area contributed by atoms with Crippen LogP contribution in [-0.2, 0) is 4.79 Å². The van der Waals surface area contributed by atoms with E-state index in [9.17, 15) is 14.7 Å². The zero-order valence-corrected chi connectivity index (χ0v) is 13.9. The fourth-order valence-corrected chi connectivity index (χ4v) is 3.50. The van der Waals surface area contributed by atoms with E-state index in [1.165, 1.54) is 0 Å². The minimum Gasteiger partial charge on any atom is -0.496 e. The molecule has 0 bridgehead atoms. The Morgan fingerprint density at radius 1 is 1.12 bits per heavy atom. The molecule has 24 heavy (non-hydrogen) atoms. The third kappa shape index (κ3) is 2.94. The lowest BCUT2D eigenvalue weighted by atomic mass is 9.90. The van der Waals surface area contributed by atoms with Crippen molar-refractivity contribution >= 4 is 22.6 Å². The molecule has 0 spiro atoms. The van der Waals surface area contributed by atoms with Crippen LogP contribution in [0, 0.1) is 11.8 Å². The quantitative estimate of drug-likeness (QED) is 0.941. The Morgan fingerprint density at radius 3 is 2.50 bits per heavy atom. The first-order chi connectivity index (χ1) is 11.5. The Morgan fingerprint density at radius 2 is 1.83 bits per heavy atom. The fraction of sp³-hybridized carbons (Fsp3) is 0.368. The predicted molar refractivity (Wildman–Crippen MR) is 91.3 cm³/mol. The maximum atomic E-state index is 13.0. The van der Waals surface area contributed by atoms with E-state index in [1.54, 1.807) is 24.1 Å². The molecule has 0 saturated carbocycles. The second-order valence-electron chi connectivity index (χ2n) is 6.45. The van der Waals surface area contributed by atoms with Gasteiger partial charge in [-0.2, -0.15) is 0 Å². The molecule has 1 aliphatic heterocycles. The highest BCUT2D eigenvalue weighted by molar-refractivity contribution is 6.08. The highest BCUT2D eigenvalue weighted by atomic mass is 16.5. The number of ether oxygens (including phenoxy) is 1. The van der Waals surface area contributed by atoms with Crippen molar-refractivity contribution in [2.75, 3.05) is 20.2 Å². The number of carboxylic acid groups (broad SMARTS) is 1. The van der Waals surface area contributed by atoms with Gasteiger partial charge >= 0.3 is 5.97 Å². The molecule has 3 rings (SSSR count). The normalized spacial score (nSPS) is 20.8. The van der Waals surface area contributed by atoms with Crippen LogP contribution in [0.5, 0.6) is 5.75 Å². The summed E-state index contributed by atoms with van der Waals surface area (Å²) >= 11 is 0. The third-order valence-electron chi connectivity index (χ3n) is 4.63. The van der Waals surface area contributed by atoms with Crippen molar-refractivity contribution in [1.82, 2.24) is 4.90 Å². The number of likely N-dealkylation sites (tertiary alicyclic amines) is 1. The average molecular weight is 327 g/mol. The summed E-state index contributed by atoms with van der Waals surface area (Å²) in [6.45, 7) is 2.84. The number of carboxylic acids is 1. The van der Waals surface area contributed by atoms with Crippen LogP contribution < -0.4 is 4.74 Å². The van der Waals surface area contributed by atoms with E-state index in [0.29, 0.717) is 18.5 Å². The molecule has 0 radical (unpaired) electrons. The van der Waals surface area contributed by atoms with Gasteiger partial charge in [-0.05, 0) is 29.9 Å². The number of nitrogens with zero attached hydrogens (tertiary/aromatic N) is 1. The standard InChI is InChI=1S/C19H21NO4/c1-12-9-13(19(22)23)11-20(10-12)18(21)16-7-8-17(24-2)15-6-4-3-5-14(15)16/h3-8,12-13H,9-11H2,1-2H3,(H,22,23). The lowest BCUT2D eigenvalue weighted by molar-refractivity contribution is -0.143. The Kier molecular flexibility index (Phi) is 4.42. The number of amides is 1. The van der Waals surface area contributed by atoms with Crippen molar-refractivity contribution in [3.8, 4) is 5.75 Å². The van der Waals surface area contributed by atoms with E-state index in [1.807, 2.05) is 31.2 Å². The van der Waals surface area contributed by atoms with Crippen LogP contribution >= 0.6 is 0 Å². The molecule has 5 nitrogen and oxygen atoms in total. The molecule has 126 valence electrons. The molecule has 1 heterocycles. The summed E-state index contributed by atoms with van der Waals surface area (Å²) in [6, 6.07) is 11.2. The summed E-state index contributed by atoms with van der Waals surface area (Å²) in [4.78, 5) is 26.0. The maximum Gasteiger partial charge on any atom is 0.308 e. The van der Waals surface area contributed by atoms with E-state index in [0.717, 1.165) is 16.5 Å². The first kappa shape index (κ1) is 16.3. The van der Waals surface area contributed by atoms with Crippen LogP contribution in [0.15, 0.2) is 36.4 Å². The Labute approximate surface area is 140 Å². The molecule has 2 aromatic carbocycles. The molecule has 2 aromatic rings. The number of carbonyl (C=O) groups excluding carboxylic acids is 1. The van der Waals surface area contributed by atoms with Gasteiger partial charge in [0.2, 0.25) is 0 Å². The van der Waals surface area contributed by atoms with Crippen LogP contribution in [-0.4, -0.2) is 42.1 Å². The van der Waals surface area contributed by atoms with Gasteiger partial charge in [0, 0.05) is 24.0 Å². The van der Waals surface area contributed by atoms with Gasteiger partial charge in [0.05, 0.1) is 13.0 Å². The molecule has 0 aromatic heterocycles. The number of carbonyl (C=O) groups is 2. The molecule has 1 fully saturated rings. The van der Waals surface area contributed by atoms with Crippen molar-refractivity contribution in [3.05, 3.63) is 42.0 Å². The van der Waals surface area contributed by atoms with Crippen molar-refractivity contribution in [1.29, 1.82) is 0 Å². The Balaban J connectivity index is 1.98. The molecule has 1 N–H and O–H groups in total. The van der Waals surface area contributed by atoms with Crippen LogP contribution in [0.2, 0.25) is 0 Å². The second-order valence-corrected chi connectivity index (χ2v) is 6.45. The number of methoxy groups -OCH3 is 1. The summed E-state index contributed by atoms with van der Waals surface area (Å²) in [5.74, 6) is -0.557. The fourth-order valence-electron chi connectivity index (χ4n) is 3.50. The summed E-state index contributed by atoms with van der Waals surface area (Å²) in [7, 11) is 1.60. The van der Waals surface area contributed by atoms with Gasteiger partial charge in [-0.15, -0.1) is 0 Å². The third-order valence-corrected chi connectivity index (χ3v) is 4.63. The molecule has 2 atom stereocenters. The van der Waals surface area contributed by atoms with E-state index >= 15 is 0 Å². The SMILES string of the molecule is COc1ccc(C(=O)N2CC(C)CC(C(=O)O)C2)c2ccccc12. The van der Waals surface area contributed by atoms with Crippen LogP contribution in [0.25, 0.3) is 10.8 Å². The highest BCUT2D eigenvalue weighted by Crippen LogP contribution is 2.30. The van der Waals surface area contributed by atoms with Gasteiger partial charge < -0.3 is 14.7 Å². The largest absolute Gasteiger partial charge is 0.496 e. The minimum atomic E-state index is -0.834. The number of aliphatic carboxylic acids is 1. The number of benzene rings is 2. The molecular formula is C19H21NO4. The van der Waals surface area contributed by atoms with Gasteiger partial charge in [0.15, 0.2) is 0 Å². The van der Waals surface area contributed by atoms with Gasteiger partial charge in [0.25, 0.3) is 5.91 Å². The molecule has 1 saturated heterocycles. The lowest BCUT2D eigenvalue weighted by Gasteiger charge is -2.35. The Hall–Kier alpha value is -2.56. The van der Waals surface area contributed by atoms with Crippen molar-refractivity contribution < 1.29 is 19.4 Å². The number of fused-ring (bicyclic) bond motifs is 1. The molecule has 1 aliphatic rings. The molecular weight excluding hydrogens is 306 g/mol. The Bertz CT molecular complexity index is 786. The zero-order valence-electron chi connectivity index (χ0n) is 13.9. The monoisotopic (exact) mass is 327 g/mol. The molecule has 1 amide bonds. The molecule has 0 aliphatic carbocycles. The average Bonchev–Trinajstić information content (AvgIpc) is 2.59. The van der Waals surface area contributed by atoms with Crippen molar-refractivity contribution in [2.24, 2.45) is 11.8 Å². The number of piperidine rings is 1. The maximum absolute atomic E-state index is 13.0. The topological polar surface area (TPSA) is 66.8 Å². The van der Waals surface area contributed by atoms with Crippen molar-refractivity contribution in [3.63, 3.8) is 0 Å². The minimum absolute atomic E-state index is 0.119. The molecule has 5 heteroatoms. The molecule has 2 unspecified atom stereocenters. The van der Waals surface area contributed by atoms with Crippen LogP contribution in [0.4, 0.5) is 0 Å². The smallest absolute Gasteiger partial charge is 0.308 e. The highest BCUT2D eigenvalue weighted by Gasteiger charge is 2.32. The predicted octanol–water partition coefficient (Wildman–Crippen LogP) is 3.03. The van der Waals surface area contributed by atoms with Crippen LogP contribution in [0.1, 0.15) is 23.7 Å². The summed E-state index contributed by atoms with van der Waals surface area (Å²) < 4.78 is 5.37. The van der Waals surface area contributed by atoms with Gasteiger partial charge in [-0.1, -0.05) is 31.2 Å². The summed E-state index contributed by atoms with van der Waals surface area (Å²) in [5, 5.41) is 11.0. The second kappa shape index (κ2) is 6.51. The van der Waals surface area contributed by atoms with E-state index in [4.69, 9.17) is 4.74 Å². The first-order valence-electron chi connectivity index (χ1n) is 8.09. The zero-order chi connectivity index (χ0) is 17.3. The van der Waals surface area contributed by atoms with Gasteiger partial charge in [-0.25, -0.2) is 0 Å². The number of rotatable bonds is 3. The van der Waals surface area contributed by atoms with Gasteiger partial charge in [-0.3, -0.25) is 9.59 Å². The van der Waals surface area contributed by atoms with E-state index < -0.39 is 11.9 Å². The van der Waals surface area contributed by atoms with Crippen molar-refractivity contribution in [2.45, 2.75) is 13.3 Å². The van der Waals surface area contributed by atoms with E-state index in [2.05, 4.69) is 0 Å².